The van der Waals surface area contributed by atoms with E-state index in [2.05, 4.69) is 0 Å². The smallest absolute Gasteiger partial charge is 0.182 e. The first-order valence-corrected chi connectivity index (χ1v) is 6.54. The molecule has 0 bridgehead atoms. The molecule has 0 amide bonds. The molecule has 1 heterocycles. The van der Waals surface area contributed by atoms with Gasteiger partial charge < -0.3 is 4.57 Å². The number of hydrogen-bond acceptors (Lipinski definition) is 1. The summed E-state index contributed by atoms with van der Waals surface area (Å²) in [5, 5.41) is 1.43. The van der Waals surface area contributed by atoms with Gasteiger partial charge in [-0.1, -0.05) is 23.7 Å². The molecule has 0 atom stereocenters. The second kappa shape index (κ2) is 5.10. The number of Topliss-reactive ketones (excluding diaryl/α,β-unsaturated/α-hetero) is 1. The van der Waals surface area contributed by atoms with E-state index in [0.29, 0.717) is 16.1 Å². The second-order valence-corrected chi connectivity index (χ2v) is 5.02. The van der Waals surface area contributed by atoms with E-state index in [9.17, 15) is 9.18 Å². The number of nitrogens with zero attached hydrogens (tertiary/aromatic N) is 1. The van der Waals surface area contributed by atoms with Gasteiger partial charge in [0.25, 0.3) is 0 Å². The fraction of sp³-hybridized carbons (Fsp3) is 0.0625. The third-order valence-electron chi connectivity index (χ3n) is 3.20. The van der Waals surface area contributed by atoms with Gasteiger partial charge in [0.15, 0.2) is 5.78 Å². The van der Waals surface area contributed by atoms with E-state index in [1.54, 1.807) is 41.1 Å². The van der Waals surface area contributed by atoms with Crippen LogP contribution < -0.4 is 0 Å². The molecule has 20 heavy (non-hydrogen) atoms. The molecule has 0 saturated heterocycles. The lowest BCUT2D eigenvalue weighted by atomic mass is 10.1. The van der Waals surface area contributed by atoms with Gasteiger partial charge in [0.05, 0.1) is 12.1 Å². The minimum Gasteiger partial charge on any atom is -0.340 e. The molecule has 2 nitrogen and oxygen atoms in total. The summed E-state index contributed by atoms with van der Waals surface area (Å²) in [5.41, 5.74) is 1.26. The maximum atomic E-state index is 13.3. The third kappa shape index (κ3) is 2.45. The largest absolute Gasteiger partial charge is 0.340 e. The number of ketones is 1. The Bertz CT molecular complexity index is 794. The molecule has 2 aromatic carbocycles. The average Bonchev–Trinajstić information content (AvgIpc) is 2.81. The van der Waals surface area contributed by atoms with Crippen LogP contribution in [0.4, 0.5) is 4.39 Å². The fourth-order valence-corrected chi connectivity index (χ4v) is 2.39. The maximum Gasteiger partial charge on any atom is 0.182 e. The Balaban J connectivity index is 1.93. The summed E-state index contributed by atoms with van der Waals surface area (Å²) in [5.74, 6) is -0.373. The Hall–Kier alpha value is -2.13. The van der Waals surface area contributed by atoms with E-state index >= 15 is 0 Å². The van der Waals surface area contributed by atoms with Crippen molar-refractivity contribution < 1.29 is 9.18 Å². The highest BCUT2D eigenvalue weighted by molar-refractivity contribution is 6.31. The van der Waals surface area contributed by atoms with Gasteiger partial charge in [0.2, 0.25) is 0 Å². The van der Waals surface area contributed by atoms with Gasteiger partial charge in [-0.3, -0.25) is 4.79 Å². The molecule has 3 rings (SSSR count). The van der Waals surface area contributed by atoms with Crippen LogP contribution in [0, 0.1) is 5.82 Å². The molecule has 0 radical (unpaired) electrons. The van der Waals surface area contributed by atoms with Crippen LogP contribution in [-0.2, 0) is 6.54 Å². The van der Waals surface area contributed by atoms with Crippen LogP contribution in [0.15, 0.2) is 54.7 Å². The Morgan fingerprint density at radius 2 is 2.00 bits per heavy atom. The van der Waals surface area contributed by atoms with Gasteiger partial charge in [0.1, 0.15) is 5.82 Å². The first kappa shape index (κ1) is 12.9. The van der Waals surface area contributed by atoms with Gasteiger partial charge >= 0.3 is 0 Å². The molecule has 0 spiro atoms. The highest BCUT2D eigenvalue weighted by atomic mass is 35.5. The molecule has 4 heteroatoms. The van der Waals surface area contributed by atoms with Crippen molar-refractivity contribution in [1.82, 2.24) is 4.57 Å². The Kier molecular flexibility index (Phi) is 3.28. The monoisotopic (exact) mass is 287 g/mol. The van der Waals surface area contributed by atoms with Gasteiger partial charge in [-0.25, -0.2) is 4.39 Å². The SMILES string of the molecule is O=C(Cn1ccc2ccc(F)cc21)c1cccc(Cl)c1. The zero-order valence-electron chi connectivity index (χ0n) is 10.5. The van der Waals surface area contributed by atoms with Crippen molar-refractivity contribution in [3.63, 3.8) is 0 Å². The van der Waals surface area contributed by atoms with Gasteiger partial charge in [-0.15, -0.1) is 0 Å². The van der Waals surface area contributed by atoms with Crippen LogP contribution in [-0.4, -0.2) is 10.4 Å². The zero-order valence-corrected chi connectivity index (χ0v) is 11.3. The molecule has 0 fully saturated rings. The first-order valence-electron chi connectivity index (χ1n) is 6.17. The average molecular weight is 288 g/mol. The zero-order chi connectivity index (χ0) is 14.1. The minimum absolute atomic E-state index is 0.0609. The van der Waals surface area contributed by atoms with Gasteiger partial charge in [-0.2, -0.15) is 0 Å². The lowest BCUT2D eigenvalue weighted by molar-refractivity contribution is 0.0973. The summed E-state index contributed by atoms with van der Waals surface area (Å²) in [6.45, 7) is 0.160. The van der Waals surface area contributed by atoms with Gasteiger partial charge in [-0.05, 0) is 41.8 Å². The van der Waals surface area contributed by atoms with E-state index in [-0.39, 0.29) is 18.1 Å². The van der Waals surface area contributed by atoms with E-state index in [4.69, 9.17) is 11.6 Å². The first-order chi connectivity index (χ1) is 9.63. The van der Waals surface area contributed by atoms with E-state index < -0.39 is 0 Å². The van der Waals surface area contributed by atoms with E-state index in [0.717, 1.165) is 5.39 Å². The number of hydrogen-bond donors (Lipinski definition) is 0. The second-order valence-electron chi connectivity index (χ2n) is 4.58. The Labute approximate surface area is 120 Å². The van der Waals surface area contributed by atoms with Crippen molar-refractivity contribution in [3.05, 3.63) is 71.1 Å². The number of rotatable bonds is 3. The summed E-state index contributed by atoms with van der Waals surface area (Å²) in [4.78, 5) is 12.2. The predicted octanol–water partition coefficient (Wildman–Crippen LogP) is 4.32. The molecule has 0 unspecified atom stereocenters. The van der Waals surface area contributed by atoms with Crippen molar-refractivity contribution in [2.24, 2.45) is 0 Å². The molecular weight excluding hydrogens is 277 g/mol. The van der Waals surface area contributed by atoms with Crippen LogP contribution in [0.5, 0.6) is 0 Å². The summed E-state index contributed by atoms with van der Waals surface area (Å²) in [6, 6.07) is 13.2. The molecule has 0 aliphatic heterocycles. The van der Waals surface area contributed by atoms with Crippen molar-refractivity contribution in [1.29, 1.82) is 0 Å². The molecule has 0 saturated carbocycles. The number of halogens is 2. The summed E-state index contributed by atoms with van der Waals surface area (Å²) in [7, 11) is 0. The normalized spacial score (nSPS) is 10.9. The standard InChI is InChI=1S/C16H11ClFNO/c17-13-3-1-2-12(8-13)16(20)10-19-7-6-11-4-5-14(18)9-15(11)19/h1-9H,10H2. The predicted molar refractivity (Wildman–Crippen MR) is 77.7 cm³/mol. The fourth-order valence-electron chi connectivity index (χ4n) is 2.20. The molecule has 0 aliphatic rings. The molecular formula is C16H11ClFNO. The maximum absolute atomic E-state index is 13.3. The Morgan fingerprint density at radius 1 is 1.15 bits per heavy atom. The lowest BCUT2D eigenvalue weighted by Crippen LogP contribution is -2.09. The summed E-state index contributed by atoms with van der Waals surface area (Å²) in [6.07, 6.45) is 1.78. The topological polar surface area (TPSA) is 22.0 Å². The number of carbonyl (C=O) groups excluding carboxylic acids is 1. The van der Waals surface area contributed by atoms with Crippen molar-refractivity contribution >= 4 is 28.3 Å². The van der Waals surface area contributed by atoms with Crippen molar-refractivity contribution in [2.45, 2.75) is 6.54 Å². The van der Waals surface area contributed by atoms with E-state index in [1.807, 2.05) is 6.07 Å². The van der Waals surface area contributed by atoms with Crippen LogP contribution in [0.25, 0.3) is 10.9 Å². The molecule has 100 valence electrons. The summed E-state index contributed by atoms with van der Waals surface area (Å²) < 4.78 is 15.0. The van der Waals surface area contributed by atoms with Crippen LogP contribution in [0.3, 0.4) is 0 Å². The number of carbonyl (C=O) groups is 1. The number of fused-ring (bicyclic) bond motifs is 1. The Morgan fingerprint density at radius 3 is 2.80 bits per heavy atom. The van der Waals surface area contributed by atoms with Crippen LogP contribution in [0.2, 0.25) is 5.02 Å². The molecule has 1 aromatic heterocycles. The quantitative estimate of drug-likeness (QED) is 0.658. The molecule has 0 N–H and O–H groups in total. The van der Waals surface area contributed by atoms with Crippen LogP contribution in [0.1, 0.15) is 10.4 Å². The molecule has 0 aliphatic carbocycles. The number of benzene rings is 2. The lowest BCUT2D eigenvalue weighted by Gasteiger charge is -2.05. The minimum atomic E-state index is -0.312. The summed E-state index contributed by atoms with van der Waals surface area (Å²) >= 11 is 5.88. The third-order valence-corrected chi connectivity index (χ3v) is 3.43. The highest BCUT2D eigenvalue weighted by Gasteiger charge is 2.09. The van der Waals surface area contributed by atoms with Crippen molar-refractivity contribution in [3.8, 4) is 0 Å². The number of aromatic nitrogens is 1. The van der Waals surface area contributed by atoms with E-state index in [1.165, 1.54) is 12.1 Å². The van der Waals surface area contributed by atoms with Gasteiger partial charge in [0, 0.05) is 16.8 Å². The van der Waals surface area contributed by atoms with Crippen LogP contribution >= 0.6 is 11.6 Å². The molecule has 3 aromatic rings. The van der Waals surface area contributed by atoms with Crippen molar-refractivity contribution in [2.75, 3.05) is 0 Å². The highest BCUT2D eigenvalue weighted by Crippen LogP contribution is 2.18.